The molecule has 0 aliphatic rings. The second-order valence-corrected chi connectivity index (χ2v) is 12.0. The summed E-state index contributed by atoms with van der Waals surface area (Å²) >= 11 is 0. The summed E-state index contributed by atoms with van der Waals surface area (Å²) in [6.07, 6.45) is 2.48. The molecule has 4 rings (SSSR count). The molecule has 4 aromatic carbocycles. The SMILES string of the molecule is CN(/N=C/c1ccccc1[O-])S(=O)(=O)c1ccccc1.CN(/N=C/c1ccccc1[O-])S(=O)(=O)c1ccccc1.[Pt+2]. The van der Waals surface area contributed by atoms with Gasteiger partial charge in [-0.25, -0.2) is 0 Å². The van der Waals surface area contributed by atoms with Gasteiger partial charge in [0.05, 0.1) is 22.2 Å². The fraction of sp³-hybridized carbons (Fsp3) is 0.0714. The van der Waals surface area contributed by atoms with Crippen molar-refractivity contribution in [2.24, 2.45) is 10.2 Å². The zero-order valence-electron chi connectivity index (χ0n) is 21.9. The van der Waals surface area contributed by atoms with Crippen LogP contribution >= 0.6 is 0 Å². The van der Waals surface area contributed by atoms with Crippen LogP contribution in [0.15, 0.2) is 129 Å². The maximum atomic E-state index is 12.2. The first-order valence-electron chi connectivity index (χ1n) is 11.7. The molecule has 0 aromatic heterocycles. The van der Waals surface area contributed by atoms with E-state index >= 15 is 0 Å². The molecule has 0 atom stereocenters. The van der Waals surface area contributed by atoms with Crippen molar-refractivity contribution in [3.05, 3.63) is 120 Å². The molecule has 0 fully saturated rings. The molecule has 0 saturated heterocycles. The topological polar surface area (TPSA) is 146 Å². The number of hydrazone groups is 2. The van der Waals surface area contributed by atoms with Crippen molar-refractivity contribution >= 4 is 32.5 Å². The molecule has 0 N–H and O–H groups in total. The van der Waals surface area contributed by atoms with Gasteiger partial charge >= 0.3 is 21.1 Å². The molecule has 0 bridgehead atoms. The third-order valence-electron chi connectivity index (χ3n) is 5.33. The van der Waals surface area contributed by atoms with Gasteiger partial charge < -0.3 is 10.2 Å². The molecule has 4 aromatic rings. The molecule has 0 amide bonds. The molecule has 0 spiro atoms. The molecular formula is C28H26N4O6PtS2. The maximum absolute atomic E-state index is 12.2. The summed E-state index contributed by atoms with van der Waals surface area (Å²) in [6.45, 7) is 0. The van der Waals surface area contributed by atoms with Gasteiger partial charge in [-0.3, -0.25) is 0 Å². The van der Waals surface area contributed by atoms with Gasteiger partial charge in [-0.05, 0) is 35.4 Å². The van der Waals surface area contributed by atoms with Crippen LogP contribution in [0.4, 0.5) is 0 Å². The van der Waals surface area contributed by atoms with Crippen molar-refractivity contribution in [3.8, 4) is 11.5 Å². The van der Waals surface area contributed by atoms with Crippen LogP contribution in [0.2, 0.25) is 0 Å². The van der Waals surface area contributed by atoms with Gasteiger partial charge in [0, 0.05) is 14.1 Å². The second-order valence-electron chi connectivity index (χ2n) is 8.07. The molecule has 0 saturated carbocycles. The van der Waals surface area contributed by atoms with Gasteiger partial charge in [-0.15, -0.1) is 0 Å². The first kappa shape index (κ1) is 33.2. The Morgan fingerprint density at radius 2 is 0.829 bits per heavy atom. The van der Waals surface area contributed by atoms with Crippen molar-refractivity contribution in [1.82, 2.24) is 8.83 Å². The molecular weight excluding hydrogens is 748 g/mol. The van der Waals surface area contributed by atoms with E-state index in [2.05, 4.69) is 10.2 Å². The summed E-state index contributed by atoms with van der Waals surface area (Å²) < 4.78 is 50.4. The van der Waals surface area contributed by atoms with Gasteiger partial charge in [0.25, 0.3) is 20.0 Å². The van der Waals surface area contributed by atoms with Gasteiger partial charge in [0.2, 0.25) is 0 Å². The maximum Gasteiger partial charge on any atom is 2.00 e. The Bertz CT molecular complexity index is 1560. The Kier molecular flexibility index (Phi) is 12.3. The molecule has 10 nitrogen and oxygen atoms in total. The molecule has 0 aliphatic carbocycles. The van der Waals surface area contributed by atoms with E-state index in [0.717, 1.165) is 8.83 Å². The number of rotatable bonds is 8. The number of para-hydroxylation sites is 2. The largest absolute Gasteiger partial charge is 2.00 e. The van der Waals surface area contributed by atoms with E-state index in [0.29, 0.717) is 11.1 Å². The summed E-state index contributed by atoms with van der Waals surface area (Å²) in [6, 6.07) is 28.5. The van der Waals surface area contributed by atoms with E-state index in [1.807, 2.05) is 0 Å². The Morgan fingerprint density at radius 1 is 0.537 bits per heavy atom. The van der Waals surface area contributed by atoms with Crippen LogP contribution in [-0.4, -0.2) is 52.2 Å². The standard InChI is InChI=1S/2C14H14N2O3S.Pt/c2*1-16(15-11-12-7-5-6-10-14(12)17)20(18,19)13-8-3-2-4-9-13;/h2*2-11,17H,1H3;/q;;+2/p-2/b2*15-11+;. The van der Waals surface area contributed by atoms with Crippen LogP contribution in [0.25, 0.3) is 0 Å². The molecule has 0 heterocycles. The molecule has 0 unspecified atom stereocenters. The summed E-state index contributed by atoms with van der Waals surface area (Å²) in [5.74, 6) is -0.413. The average molecular weight is 774 g/mol. The quantitative estimate of drug-likeness (QED) is 0.199. The van der Waals surface area contributed by atoms with Gasteiger partial charge in [0.1, 0.15) is 0 Å². The van der Waals surface area contributed by atoms with Crippen molar-refractivity contribution < 1.29 is 48.1 Å². The van der Waals surface area contributed by atoms with Crippen molar-refractivity contribution in [3.63, 3.8) is 0 Å². The van der Waals surface area contributed by atoms with Crippen LogP contribution in [0.1, 0.15) is 11.1 Å². The number of sulfonamides is 2. The van der Waals surface area contributed by atoms with Crippen molar-refractivity contribution in [2.75, 3.05) is 14.1 Å². The first-order valence-corrected chi connectivity index (χ1v) is 14.6. The minimum absolute atomic E-state index is 0. The Morgan fingerprint density at radius 3 is 1.15 bits per heavy atom. The van der Waals surface area contributed by atoms with Crippen LogP contribution in [0.5, 0.6) is 11.5 Å². The van der Waals surface area contributed by atoms with E-state index in [-0.39, 0.29) is 42.4 Å². The number of nitrogens with zero attached hydrogens (tertiary/aromatic N) is 4. The van der Waals surface area contributed by atoms with Crippen molar-refractivity contribution in [2.45, 2.75) is 9.79 Å². The monoisotopic (exact) mass is 773 g/mol. The predicted molar refractivity (Wildman–Crippen MR) is 150 cm³/mol. The van der Waals surface area contributed by atoms with E-state index < -0.39 is 20.0 Å². The number of hydrogen-bond donors (Lipinski definition) is 0. The molecule has 0 aliphatic heterocycles. The van der Waals surface area contributed by atoms with Crippen LogP contribution in [-0.2, 0) is 41.1 Å². The fourth-order valence-electron chi connectivity index (χ4n) is 3.08. The molecule has 13 heteroatoms. The summed E-state index contributed by atoms with van der Waals surface area (Å²) in [5.41, 5.74) is 0.672. The number of hydrogen-bond acceptors (Lipinski definition) is 8. The van der Waals surface area contributed by atoms with Crippen LogP contribution < -0.4 is 10.2 Å². The normalized spacial score (nSPS) is 11.4. The second kappa shape index (κ2) is 15.1. The van der Waals surface area contributed by atoms with E-state index in [1.165, 1.54) is 62.9 Å². The van der Waals surface area contributed by atoms with E-state index in [9.17, 15) is 27.0 Å². The van der Waals surface area contributed by atoms with E-state index in [1.54, 1.807) is 72.8 Å². The average Bonchev–Trinajstić information content (AvgIpc) is 2.97. The van der Waals surface area contributed by atoms with E-state index in [4.69, 9.17) is 0 Å². The van der Waals surface area contributed by atoms with Crippen LogP contribution in [0, 0.1) is 0 Å². The Balaban J connectivity index is 0.000000280. The van der Waals surface area contributed by atoms with Gasteiger partial charge in [0.15, 0.2) is 0 Å². The molecule has 0 radical (unpaired) electrons. The van der Waals surface area contributed by atoms with Gasteiger partial charge in [-0.1, -0.05) is 96.4 Å². The van der Waals surface area contributed by atoms with Gasteiger partial charge in [-0.2, -0.15) is 35.9 Å². The molecule has 41 heavy (non-hydrogen) atoms. The summed E-state index contributed by atoms with van der Waals surface area (Å²) in [4.78, 5) is 0.296. The minimum Gasteiger partial charge on any atom is -0.872 e. The minimum atomic E-state index is -3.69. The first-order chi connectivity index (χ1) is 19.0. The van der Waals surface area contributed by atoms with Crippen LogP contribution in [0.3, 0.4) is 0 Å². The Hall–Kier alpha value is -3.99. The van der Waals surface area contributed by atoms with Crippen molar-refractivity contribution in [1.29, 1.82) is 0 Å². The summed E-state index contributed by atoms with van der Waals surface area (Å²) in [5, 5.41) is 30.6. The smallest absolute Gasteiger partial charge is 0.872 e. The number of benzene rings is 4. The third-order valence-corrected chi connectivity index (χ3v) is 8.65. The molecule has 216 valence electrons. The predicted octanol–water partition coefficient (Wildman–Crippen LogP) is 2.83. The fourth-order valence-corrected chi connectivity index (χ4v) is 5.03. The third kappa shape index (κ3) is 9.00. The summed E-state index contributed by atoms with van der Waals surface area (Å²) in [7, 11) is -4.73. The zero-order chi connectivity index (χ0) is 29.2. The Labute approximate surface area is 254 Å². The zero-order valence-corrected chi connectivity index (χ0v) is 25.8.